The topological polar surface area (TPSA) is 87.8 Å². The molecule has 24 heavy (non-hydrogen) atoms. The first-order valence-corrected chi connectivity index (χ1v) is 8.16. The summed E-state index contributed by atoms with van der Waals surface area (Å²) in [6.07, 6.45) is 3.10. The number of nitriles is 1. The van der Waals surface area contributed by atoms with Crippen LogP contribution in [0.25, 0.3) is 10.9 Å². The Bertz CT molecular complexity index is 930. The maximum atomic E-state index is 12.5. The molecule has 0 radical (unpaired) electrons. The number of fused-ring (bicyclic) bond motifs is 1. The fraction of sp³-hybridized carbons (Fsp3) is 0.375. The van der Waals surface area contributed by atoms with Gasteiger partial charge in [0.25, 0.3) is 5.56 Å². The highest BCUT2D eigenvalue weighted by molar-refractivity contribution is 6.38. The summed E-state index contributed by atoms with van der Waals surface area (Å²) in [6, 6.07) is 5.12. The van der Waals surface area contributed by atoms with Crippen molar-refractivity contribution in [2.75, 3.05) is 0 Å². The van der Waals surface area contributed by atoms with E-state index in [9.17, 15) is 14.9 Å². The minimum Gasteiger partial charge on any atom is -0.336 e. The van der Waals surface area contributed by atoms with Crippen LogP contribution in [-0.2, 0) is 11.3 Å². The number of carbonyl (C=O) groups excluding carboxylic acids is 1. The lowest BCUT2D eigenvalue weighted by atomic mass is 9.98. The number of halogens is 2. The lowest BCUT2D eigenvalue weighted by Gasteiger charge is -2.23. The molecule has 0 spiro atoms. The van der Waals surface area contributed by atoms with Gasteiger partial charge in [-0.2, -0.15) is 5.26 Å². The van der Waals surface area contributed by atoms with Crippen LogP contribution in [0.2, 0.25) is 10.0 Å². The standard InChI is InChI=1S/C16H14Cl2N4O2/c1-16(7-19,9-2-3-9)21-13(23)6-22-8-20-14-11(15(22)24)4-10(17)5-12(14)18/h4-5,8-9H,2-3,6H2,1H3,(H,21,23)/t16-/m0/s1. The Balaban J connectivity index is 1.88. The van der Waals surface area contributed by atoms with E-state index in [-0.39, 0.29) is 22.9 Å². The molecule has 1 aromatic heterocycles. The van der Waals surface area contributed by atoms with Crippen molar-refractivity contribution in [2.24, 2.45) is 5.92 Å². The highest BCUT2D eigenvalue weighted by Crippen LogP contribution is 2.39. The molecule has 0 saturated heterocycles. The molecule has 0 unspecified atom stereocenters. The average Bonchev–Trinajstić information content (AvgIpc) is 3.35. The molecule has 1 aliphatic rings. The third-order valence-electron chi connectivity index (χ3n) is 4.18. The van der Waals surface area contributed by atoms with Crippen LogP contribution in [0.1, 0.15) is 19.8 Å². The van der Waals surface area contributed by atoms with Crippen molar-refractivity contribution in [3.8, 4) is 6.07 Å². The summed E-state index contributed by atoms with van der Waals surface area (Å²) in [5.41, 5.74) is -0.982. The van der Waals surface area contributed by atoms with Gasteiger partial charge in [-0.25, -0.2) is 4.98 Å². The van der Waals surface area contributed by atoms with Gasteiger partial charge in [-0.05, 0) is 37.8 Å². The van der Waals surface area contributed by atoms with Crippen LogP contribution < -0.4 is 10.9 Å². The minimum absolute atomic E-state index is 0.163. The average molecular weight is 365 g/mol. The van der Waals surface area contributed by atoms with Gasteiger partial charge in [0.05, 0.1) is 28.3 Å². The first-order chi connectivity index (χ1) is 11.3. The van der Waals surface area contributed by atoms with Gasteiger partial charge in [0.1, 0.15) is 12.1 Å². The van der Waals surface area contributed by atoms with E-state index in [1.165, 1.54) is 23.0 Å². The Labute approximate surface area is 148 Å². The van der Waals surface area contributed by atoms with Gasteiger partial charge in [-0.1, -0.05) is 23.2 Å². The normalized spacial score (nSPS) is 16.4. The van der Waals surface area contributed by atoms with Gasteiger partial charge in [0, 0.05) is 5.02 Å². The summed E-state index contributed by atoms with van der Waals surface area (Å²) in [6.45, 7) is 1.47. The second-order valence-corrected chi connectivity index (χ2v) is 6.94. The minimum atomic E-state index is -0.905. The predicted octanol–water partition coefficient (Wildman–Crippen LogP) is 2.51. The van der Waals surface area contributed by atoms with Crippen LogP contribution in [0.3, 0.4) is 0 Å². The monoisotopic (exact) mass is 364 g/mol. The number of nitrogens with one attached hydrogen (secondary N) is 1. The molecule has 3 rings (SSSR count). The number of hydrogen-bond acceptors (Lipinski definition) is 4. The molecule has 1 fully saturated rings. The van der Waals surface area contributed by atoms with Gasteiger partial charge in [-0.3, -0.25) is 14.2 Å². The van der Waals surface area contributed by atoms with Crippen molar-refractivity contribution in [3.05, 3.63) is 38.9 Å². The fourth-order valence-electron chi connectivity index (χ4n) is 2.67. The summed E-state index contributed by atoms with van der Waals surface area (Å²) in [5.74, 6) is -0.252. The Kier molecular flexibility index (Phi) is 4.24. The molecule has 1 N–H and O–H groups in total. The van der Waals surface area contributed by atoms with E-state index < -0.39 is 17.0 Å². The van der Waals surface area contributed by atoms with Crippen LogP contribution in [0, 0.1) is 17.2 Å². The van der Waals surface area contributed by atoms with Gasteiger partial charge < -0.3 is 5.32 Å². The summed E-state index contributed by atoms with van der Waals surface area (Å²) < 4.78 is 1.18. The van der Waals surface area contributed by atoms with Crippen molar-refractivity contribution in [1.82, 2.24) is 14.9 Å². The van der Waals surface area contributed by atoms with E-state index in [1.807, 2.05) is 0 Å². The van der Waals surface area contributed by atoms with E-state index >= 15 is 0 Å². The van der Waals surface area contributed by atoms with E-state index in [0.29, 0.717) is 10.5 Å². The van der Waals surface area contributed by atoms with Gasteiger partial charge in [0.15, 0.2) is 0 Å². The highest BCUT2D eigenvalue weighted by Gasteiger charge is 2.43. The van der Waals surface area contributed by atoms with Crippen molar-refractivity contribution in [2.45, 2.75) is 31.8 Å². The molecule has 0 bridgehead atoms. The number of rotatable bonds is 4. The molecule has 1 atom stereocenters. The second kappa shape index (κ2) is 6.08. The van der Waals surface area contributed by atoms with Crippen LogP contribution in [0.15, 0.2) is 23.3 Å². The van der Waals surface area contributed by atoms with E-state index in [0.717, 1.165) is 12.8 Å². The van der Waals surface area contributed by atoms with Crippen LogP contribution in [0.4, 0.5) is 0 Å². The van der Waals surface area contributed by atoms with Crippen molar-refractivity contribution in [1.29, 1.82) is 5.26 Å². The molecule has 2 aromatic rings. The maximum Gasteiger partial charge on any atom is 0.261 e. The first-order valence-electron chi connectivity index (χ1n) is 7.40. The second-order valence-electron chi connectivity index (χ2n) is 6.10. The number of amides is 1. The lowest BCUT2D eigenvalue weighted by molar-refractivity contribution is -0.123. The van der Waals surface area contributed by atoms with Crippen LogP contribution in [0.5, 0.6) is 0 Å². The number of aromatic nitrogens is 2. The largest absolute Gasteiger partial charge is 0.336 e. The van der Waals surface area contributed by atoms with Gasteiger partial charge in [-0.15, -0.1) is 0 Å². The van der Waals surface area contributed by atoms with Crippen LogP contribution in [-0.4, -0.2) is 21.0 Å². The van der Waals surface area contributed by atoms with Gasteiger partial charge >= 0.3 is 0 Å². The number of nitrogens with zero attached hydrogens (tertiary/aromatic N) is 3. The molecular weight excluding hydrogens is 351 g/mol. The first kappa shape index (κ1) is 16.7. The predicted molar refractivity (Wildman–Crippen MR) is 90.9 cm³/mol. The molecular formula is C16H14Cl2N4O2. The van der Waals surface area contributed by atoms with Crippen molar-refractivity contribution in [3.63, 3.8) is 0 Å². The summed E-state index contributed by atoms with van der Waals surface area (Å²) in [7, 11) is 0. The van der Waals surface area contributed by atoms with E-state index in [4.69, 9.17) is 23.2 Å². The highest BCUT2D eigenvalue weighted by atomic mass is 35.5. The summed E-state index contributed by atoms with van der Waals surface area (Å²) >= 11 is 12.0. The molecule has 124 valence electrons. The zero-order valence-electron chi connectivity index (χ0n) is 12.8. The van der Waals surface area contributed by atoms with E-state index in [2.05, 4.69) is 16.4 Å². The zero-order valence-corrected chi connectivity index (χ0v) is 14.4. The van der Waals surface area contributed by atoms with E-state index in [1.54, 1.807) is 6.92 Å². The lowest BCUT2D eigenvalue weighted by Crippen LogP contribution is -2.48. The van der Waals surface area contributed by atoms with Crippen molar-refractivity contribution >= 4 is 40.0 Å². The molecule has 1 aliphatic carbocycles. The third kappa shape index (κ3) is 3.10. The van der Waals surface area contributed by atoms with Crippen LogP contribution >= 0.6 is 23.2 Å². The number of benzene rings is 1. The maximum absolute atomic E-state index is 12.5. The SMILES string of the molecule is C[C@@](C#N)(NC(=O)Cn1cnc2c(Cl)cc(Cl)cc2c1=O)C1CC1. The molecule has 1 saturated carbocycles. The van der Waals surface area contributed by atoms with Gasteiger partial charge in [0.2, 0.25) is 5.91 Å². The third-order valence-corrected chi connectivity index (χ3v) is 4.69. The number of hydrogen-bond donors (Lipinski definition) is 1. The molecule has 6 nitrogen and oxygen atoms in total. The number of carbonyl (C=O) groups is 1. The Morgan fingerprint density at radius 3 is 2.83 bits per heavy atom. The summed E-state index contributed by atoms with van der Waals surface area (Å²) in [5, 5.41) is 12.8. The molecule has 1 amide bonds. The molecule has 1 heterocycles. The molecule has 0 aliphatic heterocycles. The van der Waals surface area contributed by atoms with Crippen molar-refractivity contribution < 1.29 is 4.79 Å². The fourth-order valence-corrected chi connectivity index (χ4v) is 3.22. The summed E-state index contributed by atoms with van der Waals surface area (Å²) in [4.78, 5) is 28.9. The zero-order chi connectivity index (χ0) is 17.5. The molecule has 8 heteroatoms. The quantitative estimate of drug-likeness (QED) is 0.902. The Hall–Kier alpha value is -2.10. The smallest absolute Gasteiger partial charge is 0.261 e. The Morgan fingerprint density at radius 2 is 2.21 bits per heavy atom. The molecule has 1 aromatic carbocycles. The Morgan fingerprint density at radius 1 is 1.50 bits per heavy atom.